The Morgan fingerprint density at radius 2 is 1.64 bits per heavy atom. The number of carbonyl (C=O) groups excluding carboxylic acids is 2. The number of hydrogen-bond donors (Lipinski definition) is 0. The maximum Gasteiger partial charge on any atom is 0.305 e. The van der Waals surface area contributed by atoms with Gasteiger partial charge < -0.3 is 28.1 Å². The average Bonchev–Trinajstić information content (AvgIpc) is 3.27. The van der Waals surface area contributed by atoms with Crippen LogP contribution in [0.3, 0.4) is 0 Å². The quantitative estimate of drug-likeness (QED) is 0.253. The number of benzene rings is 1. The molecule has 3 rings (SSSR count). The number of esters is 1. The Morgan fingerprint density at radius 1 is 1.00 bits per heavy atom. The Labute approximate surface area is 235 Å². The summed E-state index contributed by atoms with van der Waals surface area (Å²) in [6.45, 7) is 15.3. The van der Waals surface area contributed by atoms with E-state index < -0.39 is 37.7 Å². The molecule has 39 heavy (non-hydrogen) atoms. The van der Waals surface area contributed by atoms with Crippen molar-refractivity contribution in [3.05, 3.63) is 23.8 Å². The van der Waals surface area contributed by atoms with Crippen LogP contribution in [0.2, 0.25) is 18.1 Å². The second-order valence-electron chi connectivity index (χ2n) is 12.8. The molecular weight excluding hydrogens is 516 g/mol. The maximum atomic E-state index is 14.3. The fourth-order valence-electron chi connectivity index (χ4n) is 5.61. The Morgan fingerprint density at radius 3 is 2.23 bits per heavy atom. The van der Waals surface area contributed by atoms with Crippen LogP contribution in [-0.2, 0) is 28.2 Å². The highest BCUT2D eigenvalue weighted by atomic mass is 28.4. The molecule has 0 aromatic heterocycles. The molecule has 9 heteroatoms. The minimum Gasteiger partial charge on any atom is -0.493 e. The SMILES string of the molecule is COC(=O)CCC(=O)[C@@]12OC(c3ccc(OC)c(OC)c3)O[C@H]1CCCC[C@H](O[Si](C)(C)C(C)(C)C)C2(C)C. The van der Waals surface area contributed by atoms with Gasteiger partial charge >= 0.3 is 5.97 Å². The van der Waals surface area contributed by atoms with Gasteiger partial charge in [0.15, 0.2) is 37.5 Å². The molecular formula is C30H48O8Si. The van der Waals surface area contributed by atoms with Crippen LogP contribution >= 0.6 is 0 Å². The number of rotatable bonds is 9. The molecule has 4 atom stereocenters. The van der Waals surface area contributed by atoms with Gasteiger partial charge in [0, 0.05) is 17.4 Å². The van der Waals surface area contributed by atoms with E-state index in [1.165, 1.54) is 7.11 Å². The molecule has 1 unspecified atom stereocenters. The van der Waals surface area contributed by atoms with Gasteiger partial charge in [0.1, 0.15) is 0 Å². The van der Waals surface area contributed by atoms with E-state index in [1.807, 2.05) is 18.2 Å². The summed E-state index contributed by atoms with van der Waals surface area (Å²) in [6, 6.07) is 5.50. The largest absolute Gasteiger partial charge is 0.493 e. The number of hydrogen-bond acceptors (Lipinski definition) is 8. The molecule has 1 aromatic rings. The van der Waals surface area contributed by atoms with Crippen LogP contribution in [0, 0.1) is 5.41 Å². The second-order valence-corrected chi connectivity index (χ2v) is 17.6. The number of methoxy groups -OCH3 is 3. The highest BCUT2D eigenvalue weighted by Crippen LogP contribution is 2.56. The first-order valence-corrected chi connectivity index (χ1v) is 16.9. The predicted molar refractivity (Wildman–Crippen MR) is 152 cm³/mol. The summed E-state index contributed by atoms with van der Waals surface area (Å²) in [7, 11) is 2.31. The van der Waals surface area contributed by atoms with Crippen LogP contribution in [0.25, 0.3) is 0 Å². The van der Waals surface area contributed by atoms with Crippen LogP contribution in [0.1, 0.15) is 85.0 Å². The zero-order valence-electron chi connectivity index (χ0n) is 25.5. The molecule has 0 N–H and O–H groups in total. The van der Waals surface area contributed by atoms with Crippen molar-refractivity contribution >= 4 is 20.1 Å². The molecule has 0 bridgehead atoms. The molecule has 8 nitrogen and oxygen atoms in total. The summed E-state index contributed by atoms with van der Waals surface area (Å²) in [5, 5.41) is 0.00210. The van der Waals surface area contributed by atoms with Crippen LogP contribution < -0.4 is 9.47 Å². The Hall–Kier alpha value is -1.94. The molecule has 1 aliphatic carbocycles. The highest BCUT2D eigenvalue weighted by molar-refractivity contribution is 6.74. The number of fused-ring (bicyclic) bond motifs is 1. The molecule has 1 aliphatic heterocycles. The normalized spacial score (nSPS) is 27.2. The minimum absolute atomic E-state index is 0.00142. The van der Waals surface area contributed by atoms with E-state index in [4.69, 9.17) is 28.1 Å². The van der Waals surface area contributed by atoms with E-state index in [9.17, 15) is 9.59 Å². The number of ketones is 1. The fourth-order valence-corrected chi connectivity index (χ4v) is 7.09. The third kappa shape index (κ3) is 6.06. The van der Waals surface area contributed by atoms with Crippen molar-refractivity contribution in [3.8, 4) is 11.5 Å². The van der Waals surface area contributed by atoms with Crippen molar-refractivity contribution in [2.24, 2.45) is 5.41 Å². The smallest absolute Gasteiger partial charge is 0.305 e. The number of carbonyl (C=O) groups is 2. The van der Waals surface area contributed by atoms with Crippen LogP contribution in [0.5, 0.6) is 11.5 Å². The standard InChI is InChI=1S/C30H48O8Si/c1-28(2,3)39(9,10)38-24-13-11-12-14-25-30(29(24,4)5,23(31)17-18-26(32)35-8)37-27(36-25)20-15-16-21(33-6)22(19-20)34-7/h15-16,19,24-25,27H,11-14,17-18H2,1-10H3/t24-,25-,27?,30+/m0/s1. The Balaban J connectivity index is 2.10. The van der Waals surface area contributed by atoms with E-state index in [0.717, 1.165) is 24.8 Å². The van der Waals surface area contributed by atoms with Crippen molar-refractivity contribution in [2.75, 3.05) is 21.3 Å². The van der Waals surface area contributed by atoms with Crippen molar-refractivity contribution in [1.29, 1.82) is 0 Å². The lowest BCUT2D eigenvalue weighted by Crippen LogP contribution is -2.64. The first-order valence-electron chi connectivity index (χ1n) is 14.0. The molecule has 2 fully saturated rings. The molecule has 0 radical (unpaired) electrons. The Bertz CT molecular complexity index is 1030. The van der Waals surface area contributed by atoms with Crippen molar-refractivity contribution in [3.63, 3.8) is 0 Å². The molecule has 1 heterocycles. The van der Waals surface area contributed by atoms with E-state index >= 15 is 0 Å². The topological polar surface area (TPSA) is 89.5 Å². The van der Waals surface area contributed by atoms with E-state index in [0.29, 0.717) is 17.9 Å². The second kappa shape index (κ2) is 11.9. The third-order valence-corrected chi connectivity index (χ3v) is 13.6. The van der Waals surface area contributed by atoms with E-state index in [1.54, 1.807) is 14.2 Å². The average molecular weight is 565 g/mol. The van der Waals surface area contributed by atoms with Crippen molar-refractivity contribution in [2.45, 2.75) is 115 Å². The fraction of sp³-hybridized carbons (Fsp3) is 0.733. The molecule has 1 saturated carbocycles. The molecule has 2 aliphatic rings. The summed E-state index contributed by atoms with van der Waals surface area (Å²) in [5.74, 6) is 0.564. The van der Waals surface area contributed by atoms with Gasteiger partial charge in [-0.1, -0.05) is 53.5 Å². The molecule has 220 valence electrons. The highest BCUT2D eigenvalue weighted by Gasteiger charge is 2.66. The zero-order valence-corrected chi connectivity index (χ0v) is 26.5. The lowest BCUT2D eigenvalue weighted by molar-refractivity contribution is -0.183. The Kier molecular flexibility index (Phi) is 9.63. The van der Waals surface area contributed by atoms with E-state index in [2.05, 4.69) is 47.7 Å². The van der Waals surface area contributed by atoms with Crippen LogP contribution in [0.15, 0.2) is 18.2 Å². The van der Waals surface area contributed by atoms with Gasteiger partial charge in [-0.25, -0.2) is 0 Å². The molecule has 1 aromatic carbocycles. The predicted octanol–water partition coefficient (Wildman–Crippen LogP) is 6.37. The van der Waals surface area contributed by atoms with Gasteiger partial charge in [-0.3, -0.25) is 9.59 Å². The van der Waals surface area contributed by atoms with Gasteiger partial charge in [-0.05, 0) is 43.1 Å². The molecule has 1 saturated heterocycles. The minimum atomic E-state index is -2.19. The maximum absolute atomic E-state index is 14.3. The van der Waals surface area contributed by atoms with E-state index in [-0.39, 0.29) is 29.8 Å². The first kappa shape index (κ1) is 31.6. The van der Waals surface area contributed by atoms with Crippen LogP contribution in [0.4, 0.5) is 0 Å². The summed E-state index contributed by atoms with van der Waals surface area (Å²) in [5.41, 5.74) is -1.32. The first-order chi connectivity index (χ1) is 18.1. The lowest BCUT2D eigenvalue weighted by Gasteiger charge is -2.52. The number of ether oxygens (including phenoxy) is 5. The molecule has 0 spiro atoms. The monoisotopic (exact) mass is 564 g/mol. The summed E-state index contributed by atoms with van der Waals surface area (Å²) in [4.78, 5) is 26.4. The third-order valence-electron chi connectivity index (χ3n) is 9.10. The van der Waals surface area contributed by atoms with Crippen molar-refractivity contribution < 1.29 is 37.7 Å². The van der Waals surface area contributed by atoms with Crippen molar-refractivity contribution in [1.82, 2.24) is 0 Å². The van der Waals surface area contributed by atoms with Gasteiger partial charge in [0.2, 0.25) is 0 Å². The van der Waals surface area contributed by atoms with Gasteiger partial charge in [0.05, 0.1) is 40.0 Å². The summed E-state index contributed by atoms with van der Waals surface area (Å²) >= 11 is 0. The van der Waals surface area contributed by atoms with Gasteiger partial charge in [0.25, 0.3) is 0 Å². The lowest BCUT2D eigenvalue weighted by atomic mass is 9.62. The number of Topliss-reactive ketones (excluding diaryl/α,β-unsaturated/α-hetero) is 1. The molecule has 0 amide bonds. The zero-order chi connectivity index (χ0) is 29.2. The van der Waals surface area contributed by atoms with Gasteiger partial charge in [-0.2, -0.15) is 0 Å². The summed E-state index contributed by atoms with van der Waals surface area (Å²) in [6.07, 6.45) is 1.81. The summed E-state index contributed by atoms with van der Waals surface area (Å²) < 4.78 is 36.3. The van der Waals surface area contributed by atoms with Crippen LogP contribution in [-0.4, -0.2) is 59.2 Å². The van der Waals surface area contributed by atoms with Gasteiger partial charge in [-0.15, -0.1) is 0 Å².